The standard InChI is InChI=1S/C14H16N4O3/c1-9(2)21-14-12(18(19)20)13(15-8-16-14)17-11-7-5-4-6-10(11)3/h4-9H,1-3H3,(H,15,16,17). The number of aryl methyl sites for hydroxylation is 1. The number of ether oxygens (including phenoxy) is 1. The molecule has 110 valence electrons. The van der Waals surface area contributed by atoms with Crippen LogP contribution in [0.1, 0.15) is 19.4 Å². The Kier molecular flexibility index (Phi) is 4.32. The van der Waals surface area contributed by atoms with Gasteiger partial charge in [-0.25, -0.2) is 4.98 Å². The lowest BCUT2D eigenvalue weighted by Crippen LogP contribution is -2.11. The molecule has 21 heavy (non-hydrogen) atoms. The summed E-state index contributed by atoms with van der Waals surface area (Å²) in [5.41, 5.74) is 1.43. The van der Waals surface area contributed by atoms with Crippen molar-refractivity contribution in [3.8, 4) is 5.88 Å². The van der Waals surface area contributed by atoms with Crippen LogP contribution < -0.4 is 10.1 Å². The third kappa shape index (κ3) is 3.44. The monoisotopic (exact) mass is 288 g/mol. The molecular formula is C14H16N4O3. The predicted octanol–water partition coefficient (Wildman–Crippen LogP) is 3.22. The van der Waals surface area contributed by atoms with Crippen molar-refractivity contribution in [1.82, 2.24) is 9.97 Å². The minimum Gasteiger partial charge on any atom is -0.470 e. The molecule has 0 bridgehead atoms. The Labute approximate surface area is 122 Å². The molecule has 1 aromatic carbocycles. The van der Waals surface area contributed by atoms with E-state index >= 15 is 0 Å². The predicted molar refractivity (Wildman–Crippen MR) is 78.9 cm³/mol. The van der Waals surface area contributed by atoms with Gasteiger partial charge in [0.25, 0.3) is 5.88 Å². The van der Waals surface area contributed by atoms with Crippen LogP contribution in [0.2, 0.25) is 0 Å². The van der Waals surface area contributed by atoms with Crippen LogP contribution in [-0.4, -0.2) is 21.0 Å². The zero-order valence-corrected chi connectivity index (χ0v) is 12.0. The molecule has 1 N–H and O–H groups in total. The number of anilines is 2. The van der Waals surface area contributed by atoms with E-state index in [-0.39, 0.29) is 23.5 Å². The van der Waals surface area contributed by atoms with Crippen LogP contribution in [0.3, 0.4) is 0 Å². The van der Waals surface area contributed by atoms with Gasteiger partial charge in [-0.15, -0.1) is 0 Å². The molecule has 0 fully saturated rings. The lowest BCUT2D eigenvalue weighted by atomic mass is 10.2. The van der Waals surface area contributed by atoms with Crippen molar-refractivity contribution in [2.75, 3.05) is 5.32 Å². The maximum atomic E-state index is 11.3. The van der Waals surface area contributed by atoms with E-state index in [1.807, 2.05) is 31.2 Å². The molecule has 1 aromatic heterocycles. The van der Waals surface area contributed by atoms with Gasteiger partial charge in [0.1, 0.15) is 6.33 Å². The molecule has 1 heterocycles. The van der Waals surface area contributed by atoms with Gasteiger partial charge in [0.2, 0.25) is 5.82 Å². The fraction of sp³-hybridized carbons (Fsp3) is 0.286. The second kappa shape index (κ2) is 6.17. The average molecular weight is 288 g/mol. The van der Waals surface area contributed by atoms with Crippen LogP contribution in [0.15, 0.2) is 30.6 Å². The molecule has 2 rings (SSSR count). The molecule has 0 saturated carbocycles. The van der Waals surface area contributed by atoms with Gasteiger partial charge in [-0.05, 0) is 32.4 Å². The minimum atomic E-state index is -0.543. The third-order valence-electron chi connectivity index (χ3n) is 2.72. The first-order valence-corrected chi connectivity index (χ1v) is 6.47. The Morgan fingerprint density at radius 1 is 1.29 bits per heavy atom. The number of rotatable bonds is 5. The molecule has 0 unspecified atom stereocenters. The van der Waals surface area contributed by atoms with Gasteiger partial charge in [0.15, 0.2) is 0 Å². The Bertz CT molecular complexity index is 658. The topological polar surface area (TPSA) is 90.2 Å². The zero-order chi connectivity index (χ0) is 15.4. The van der Waals surface area contributed by atoms with Gasteiger partial charge in [-0.1, -0.05) is 18.2 Å². The minimum absolute atomic E-state index is 0.0407. The highest BCUT2D eigenvalue weighted by molar-refractivity contribution is 5.70. The van der Waals surface area contributed by atoms with E-state index in [9.17, 15) is 10.1 Å². The van der Waals surface area contributed by atoms with Crippen molar-refractivity contribution in [2.24, 2.45) is 0 Å². The fourth-order valence-electron chi connectivity index (χ4n) is 1.77. The van der Waals surface area contributed by atoms with Gasteiger partial charge < -0.3 is 10.1 Å². The molecule has 0 radical (unpaired) electrons. The number of nitrogens with one attached hydrogen (secondary N) is 1. The second-order valence-corrected chi connectivity index (χ2v) is 4.74. The fourth-order valence-corrected chi connectivity index (χ4v) is 1.77. The number of nitrogens with zero attached hydrogens (tertiary/aromatic N) is 3. The van der Waals surface area contributed by atoms with Gasteiger partial charge >= 0.3 is 5.69 Å². The molecule has 7 nitrogen and oxygen atoms in total. The van der Waals surface area contributed by atoms with Crippen molar-refractivity contribution in [2.45, 2.75) is 26.9 Å². The number of hydrogen-bond donors (Lipinski definition) is 1. The molecule has 0 aliphatic rings. The molecule has 0 atom stereocenters. The van der Waals surface area contributed by atoms with Crippen LogP contribution in [0.5, 0.6) is 5.88 Å². The highest BCUT2D eigenvalue weighted by Crippen LogP contribution is 2.33. The van der Waals surface area contributed by atoms with Crippen LogP contribution in [0, 0.1) is 17.0 Å². The van der Waals surface area contributed by atoms with Crippen LogP contribution in [-0.2, 0) is 0 Å². The summed E-state index contributed by atoms with van der Waals surface area (Å²) in [6, 6.07) is 7.46. The largest absolute Gasteiger partial charge is 0.470 e. The Morgan fingerprint density at radius 2 is 2.00 bits per heavy atom. The molecule has 0 amide bonds. The first-order valence-electron chi connectivity index (χ1n) is 6.47. The number of aromatic nitrogens is 2. The van der Waals surface area contributed by atoms with Crippen LogP contribution in [0.25, 0.3) is 0 Å². The lowest BCUT2D eigenvalue weighted by Gasteiger charge is -2.12. The van der Waals surface area contributed by atoms with Crippen molar-refractivity contribution >= 4 is 17.2 Å². The quantitative estimate of drug-likeness (QED) is 0.671. The summed E-state index contributed by atoms with van der Waals surface area (Å²) in [4.78, 5) is 18.6. The maximum Gasteiger partial charge on any atom is 0.373 e. The molecular weight excluding hydrogens is 272 g/mol. The summed E-state index contributed by atoms with van der Waals surface area (Å²) in [6.07, 6.45) is 1.02. The third-order valence-corrected chi connectivity index (χ3v) is 2.72. The first-order chi connectivity index (χ1) is 9.99. The molecule has 7 heteroatoms. The Morgan fingerprint density at radius 3 is 2.62 bits per heavy atom. The number of para-hydroxylation sites is 1. The second-order valence-electron chi connectivity index (χ2n) is 4.74. The van der Waals surface area contributed by atoms with Crippen LogP contribution in [0.4, 0.5) is 17.2 Å². The van der Waals surface area contributed by atoms with E-state index in [0.29, 0.717) is 0 Å². The number of nitro groups is 1. The Balaban J connectivity index is 2.44. The smallest absolute Gasteiger partial charge is 0.373 e. The normalized spacial score (nSPS) is 10.5. The summed E-state index contributed by atoms with van der Waals surface area (Å²) in [5.74, 6) is 0.0704. The van der Waals surface area contributed by atoms with E-state index in [4.69, 9.17) is 4.74 Å². The maximum absolute atomic E-state index is 11.3. The SMILES string of the molecule is Cc1ccccc1Nc1ncnc(OC(C)C)c1[N+](=O)[O-]. The van der Waals surface area contributed by atoms with E-state index in [1.165, 1.54) is 6.33 Å². The summed E-state index contributed by atoms with van der Waals surface area (Å²) >= 11 is 0. The van der Waals surface area contributed by atoms with E-state index < -0.39 is 4.92 Å². The average Bonchev–Trinajstić information content (AvgIpc) is 2.40. The van der Waals surface area contributed by atoms with Gasteiger partial charge in [0.05, 0.1) is 11.0 Å². The summed E-state index contributed by atoms with van der Waals surface area (Å²) in [7, 11) is 0. The van der Waals surface area contributed by atoms with E-state index in [2.05, 4.69) is 15.3 Å². The van der Waals surface area contributed by atoms with E-state index in [0.717, 1.165) is 11.3 Å². The summed E-state index contributed by atoms with van der Waals surface area (Å²) in [5, 5.41) is 14.3. The van der Waals surface area contributed by atoms with E-state index in [1.54, 1.807) is 13.8 Å². The molecule has 0 saturated heterocycles. The van der Waals surface area contributed by atoms with Gasteiger partial charge in [-0.2, -0.15) is 4.98 Å². The van der Waals surface area contributed by atoms with Crippen molar-refractivity contribution in [1.29, 1.82) is 0 Å². The van der Waals surface area contributed by atoms with Gasteiger partial charge in [-0.3, -0.25) is 10.1 Å². The highest BCUT2D eigenvalue weighted by Gasteiger charge is 2.25. The summed E-state index contributed by atoms with van der Waals surface area (Å²) in [6.45, 7) is 5.46. The lowest BCUT2D eigenvalue weighted by molar-refractivity contribution is -0.385. The molecule has 0 aliphatic heterocycles. The van der Waals surface area contributed by atoms with Crippen molar-refractivity contribution < 1.29 is 9.66 Å². The molecule has 0 aliphatic carbocycles. The molecule has 0 spiro atoms. The zero-order valence-electron chi connectivity index (χ0n) is 12.0. The van der Waals surface area contributed by atoms with Crippen molar-refractivity contribution in [3.05, 3.63) is 46.3 Å². The number of hydrogen-bond acceptors (Lipinski definition) is 6. The first kappa shape index (κ1) is 14.7. The number of benzene rings is 1. The van der Waals surface area contributed by atoms with Crippen LogP contribution >= 0.6 is 0 Å². The van der Waals surface area contributed by atoms with Crippen molar-refractivity contribution in [3.63, 3.8) is 0 Å². The van der Waals surface area contributed by atoms with Gasteiger partial charge in [0, 0.05) is 5.69 Å². The highest BCUT2D eigenvalue weighted by atomic mass is 16.6. The molecule has 2 aromatic rings. The Hall–Kier alpha value is -2.70. The summed E-state index contributed by atoms with van der Waals surface area (Å²) < 4.78 is 5.38.